The maximum absolute atomic E-state index is 13.4. The van der Waals surface area contributed by atoms with Crippen LogP contribution < -0.4 is 0 Å². The molecule has 2 unspecified atom stereocenters. The standard InChI is InChI=1S/C25H25F3O/c26-25(27,28)19-8-6-17(7-9-19)20-16-21(20)22(29)24-13-10-23(11-14-24,12-15-24)18-4-2-1-3-5-18/h1-9,20-21H,10-16H2. The molecule has 0 heterocycles. The first kappa shape index (κ1) is 18.9. The highest BCUT2D eigenvalue weighted by atomic mass is 19.4. The van der Waals surface area contributed by atoms with E-state index in [1.165, 1.54) is 5.56 Å². The average molecular weight is 398 g/mol. The average Bonchev–Trinajstić information content (AvgIpc) is 3.55. The van der Waals surface area contributed by atoms with E-state index in [0.29, 0.717) is 5.78 Å². The monoisotopic (exact) mass is 398 g/mol. The molecule has 2 aromatic rings. The van der Waals surface area contributed by atoms with Crippen molar-refractivity contribution >= 4 is 5.78 Å². The van der Waals surface area contributed by atoms with Gasteiger partial charge in [-0.2, -0.15) is 13.2 Å². The molecule has 29 heavy (non-hydrogen) atoms. The second-order valence-corrected chi connectivity index (χ2v) is 9.36. The van der Waals surface area contributed by atoms with E-state index in [1.807, 2.05) is 6.07 Å². The van der Waals surface area contributed by atoms with Crippen molar-refractivity contribution in [2.45, 2.75) is 62.5 Å². The van der Waals surface area contributed by atoms with Crippen LogP contribution >= 0.6 is 0 Å². The molecule has 4 heteroatoms. The highest BCUT2D eigenvalue weighted by Gasteiger charge is 2.57. The highest BCUT2D eigenvalue weighted by molar-refractivity contribution is 5.90. The molecule has 1 nitrogen and oxygen atoms in total. The summed E-state index contributed by atoms with van der Waals surface area (Å²) in [4.78, 5) is 13.4. The number of benzene rings is 2. The fourth-order valence-electron chi connectivity index (χ4n) is 5.95. The molecule has 0 aromatic heterocycles. The number of ketones is 1. The van der Waals surface area contributed by atoms with Crippen molar-refractivity contribution in [3.8, 4) is 0 Å². The minimum atomic E-state index is -4.31. The summed E-state index contributed by atoms with van der Waals surface area (Å²) in [5.74, 6) is 0.472. The van der Waals surface area contributed by atoms with E-state index in [0.717, 1.165) is 62.6 Å². The first-order valence-corrected chi connectivity index (χ1v) is 10.6. The predicted molar refractivity (Wildman–Crippen MR) is 106 cm³/mol. The van der Waals surface area contributed by atoms with Crippen LogP contribution in [0.15, 0.2) is 54.6 Å². The van der Waals surface area contributed by atoms with Gasteiger partial charge in [0.2, 0.25) is 0 Å². The van der Waals surface area contributed by atoms with E-state index in [9.17, 15) is 18.0 Å². The van der Waals surface area contributed by atoms with Crippen LogP contribution in [0.2, 0.25) is 0 Å². The third-order valence-corrected chi connectivity index (χ3v) is 7.95. The van der Waals surface area contributed by atoms with Gasteiger partial charge in [-0.3, -0.25) is 4.79 Å². The summed E-state index contributed by atoms with van der Waals surface area (Å²) >= 11 is 0. The Kier molecular flexibility index (Phi) is 4.20. The van der Waals surface area contributed by atoms with Gasteiger partial charge in [-0.1, -0.05) is 42.5 Å². The zero-order valence-corrected chi connectivity index (χ0v) is 16.3. The van der Waals surface area contributed by atoms with E-state index in [-0.39, 0.29) is 22.7 Å². The number of hydrogen-bond donors (Lipinski definition) is 0. The van der Waals surface area contributed by atoms with Gasteiger partial charge in [0.1, 0.15) is 5.78 Å². The van der Waals surface area contributed by atoms with Crippen LogP contribution in [0.25, 0.3) is 0 Å². The Bertz CT molecular complexity index is 889. The first-order valence-electron chi connectivity index (χ1n) is 10.6. The summed E-state index contributed by atoms with van der Waals surface area (Å²) < 4.78 is 38.4. The lowest BCUT2D eigenvalue weighted by molar-refractivity contribution is -0.138. The number of rotatable bonds is 4. The molecular formula is C25H25F3O. The summed E-state index contributed by atoms with van der Waals surface area (Å²) in [6.45, 7) is 0. The van der Waals surface area contributed by atoms with E-state index in [1.54, 1.807) is 12.1 Å². The van der Waals surface area contributed by atoms with Crippen molar-refractivity contribution in [1.29, 1.82) is 0 Å². The molecule has 0 saturated heterocycles. The molecule has 4 saturated carbocycles. The molecule has 0 aliphatic heterocycles. The fraction of sp³-hybridized carbons (Fsp3) is 0.480. The Morgan fingerprint density at radius 3 is 1.97 bits per heavy atom. The molecule has 2 bridgehead atoms. The SMILES string of the molecule is O=C(C1CC1c1ccc(C(F)(F)F)cc1)C12CCC(c3ccccc3)(CC1)CC2. The zero-order valence-electron chi connectivity index (χ0n) is 16.3. The molecule has 0 spiro atoms. The number of Topliss-reactive ketones (excluding diaryl/α,β-unsaturated/α-hetero) is 1. The van der Waals surface area contributed by atoms with Crippen LogP contribution in [-0.4, -0.2) is 5.78 Å². The number of carbonyl (C=O) groups is 1. The molecule has 4 aliphatic rings. The van der Waals surface area contributed by atoms with Crippen LogP contribution in [0.4, 0.5) is 13.2 Å². The van der Waals surface area contributed by atoms with Crippen molar-refractivity contribution < 1.29 is 18.0 Å². The lowest BCUT2D eigenvalue weighted by atomic mass is 9.50. The highest BCUT2D eigenvalue weighted by Crippen LogP contribution is 2.62. The number of alkyl halides is 3. The molecule has 2 aromatic carbocycles. The van der Waals surface area contributed by atoms with Gasteiger partial charge in [0.05, 0.1) is 5.56 Å². The van der Waals surface area contributed by atoms with Crippen molar-refractivity contribution in [1.82, 2.24) is 0 Å². The van der Waals surface area contributed by atoms with Gasteiger partial charge in [-0.25, -0.2) is 0 Å². The molecule has 4 aliphatic carbocycles. The Balaban J connectivity index is 1.27. The Hall–Kier alpha value is -2.10. The molecule has 152 valence electrons. The molecule has 6 rings (SSSR count). The van der Waals surface area contributed by atoms with Gasteiger partial charge in [0.15, 0.2) is 0 Å². The van der Waals surface area contributed by atoms with Crippen molar-refractivity contribution in [3.05, 3.63) is 71.3 Å². The Morgan fingerprint density at radius 1 is 0.828 bits per heavy atom. The third kappa shape index (κ3) is 3.12. The zero-order chi connectivity index (χ0) is 20.3. The second-order valence-electron chi connectivity index (χ2n) is 9.36. The van der Waals surface area contributed by atoms with E-state index >= 15 is 0 Å². The molecule has 0 N–H and O–H groups in total. The van der Waals surface area contributed by atoms with Crippen LogP contribution in [0, 0.1) is 11.3 Å². The summed E-state index contributed by atoms with van der Waals surface area (Å²) in [6, 6.07) is 16.1. The summed E-state index contributed by atoms with van der Waals surface area (Å²) in [6.07, 6.45) is 2.55. The van der Waals surface area contributed by atoms with E-state index in [4.69, 9.17) is 0 Å². The fourth-order valence-corrected chi connectivity index (χ4v) is 5.95. The third-order valence-electron chi connectivity index (χ3n) is 7.95. The smallest absolute Gasteiger partial charge is 0.299 e. The first-order chi connectivity index (χ1) is 13.8. The minimum absolute atomic E-state index is 0.00550. The lowest BCUT2D eigenvalue weighted by Crippen LogP contribution is -2.48. The normalized spacial score (nSPS) is 33.5. The largest absolute Gasteiger partial charge is 0.416 e. The topological polar surface area (TPSA) is 17.1 Å². The van der Waals surface area contributed by atoms with Gasteiger partial charge >= 0.3 is 6.18 Å². The molecule has 0 amide bonds. The molecule has 0 radical (unpaired) electrons. The van der Waals surface area contributed by atoms with Crippen LogP contribution in [0.3, 0.4) is 0 Å². The predicted octanol–water partition coefficient (Wildman–Crippen LogP) is 6.67. The lowest BCUT2D eigenvalue weighted by Gasteiger charge is -2.53. The quantitative estimate of drug-likeness (QED) is 0.562. The van der Waals surface area contributed by atoms with Gasteiger partial charge < -0.3 is 0 Å². The van der Waals surface area contributed by atoms with E-state index < -0.39 is 11.7 Å². The van der Waals surface area contributed by atoms with Crippen molar-refractivity contribution in [2.75, 3.05) is 0 Å². The van der Waals surface area contributed by atoms with Crippen LogP contribution in [0.5, 0.6) is 0 Å². The van der Waals surface area contributed by atoms with E-state index in [2.05, 4.69) is 24.3 Å². The number of hydrogen-bond acceptors (Lipinski definition) is 1. The van der Waals surface area contributed by atoms with Gasteiger partial charge in [0.25, 0.3) is 0 Å². The second kappa shape index (κ2) is 6.45. The van der Waals surface area contributed by atoms with Gasteiger partial charge in [-0.15, -0.1) is 0 Å². The van der Waals surface area contributed by atoms with Gasteiger partial charge in [-0.05, 0) is 79.5 Å². The summed E-state index contributed by atoms with van der Waals surface area (Å²) in [7, 11) is 0. The molecular weight excluding hydrogens is 373 g/mol. The number of fused-ring (bicyclic) bond motifs is 3. The summed E-state index contributed by atoms with van der Waals surface area (Å²) in [5, 5.41) is 0. The Morgan fingerprint density at radius 2 is 1.41 bits per heavy atom. The summed E-state index contributed by atoms with van der Waals surface area (Å²) in [5.41, 5.74) is 1.70. The van der Waals surface area contributed by atoms with Crippen LogP contribution in [0.1, 0.15) is 67.6 Å². The van der Waals surface area contributed by atoms with Crippen molar-refractivity contribution in [2.24, 2.45) is 11.3 Å². The maximum Gasteiger partial charge on any atom is 0.416 e. The maximum atomic E-state index is 13.4. The molecule has 4 fully saturated rings. The minimum Gasteiger partial charge on any atom is -0.299 e. The molecule has 2 atom stereocenters. The van der Waals surface area contributed by atoms with Crippen molar-refractivity contribution in [3.63, 3.8) is 0 Å². The Labute approximate surface area is 169 Å². The van der Waals surface area contributed by atoms with Crippen LogP contribution in [-0.2, 0) is 16.4 Å². The number of halogens is 3. The number of carbonyl (C=O) groups excluding carboxylic acids is 1. The van der Waals surface area contributed by atoms with Gasteiger partial charge in [0, 0.05) is 11.3 Å².